The highest BCUT2D eigenvalue weighted by molar-refractivity contribution is 7.92. The van der Waals surface area contributed by atoms with Crippen LogP contribution in [0.1, 0.15) is 25.7 Å². The molecule has 0 spiro atoms. The first-order valence-electron chi connectivity index (χ1n) is 9.41. The Labute approximate surface area is 138 Å². The van der Waals surface area contributed by atoms with Gasteiger partial charge in [0.1, 0.15) is 0 Å². The molecular formula is C16H40Si5. The van der Waals surface area contributed by atoms with Crippen LogP contribution in [0.3, 0.4) is 0 Å². The Morgan fingerprint density at radius 2 is 0.762 bits per heavy atom. The van der Waals surface area contributed by atoms with Crippen LogP contribution >= 0.6 is 0 Å². The van der Waals surface area contributed by atoms with E-state index in [1.54, 1.807) is 49.9 Å². The first-order chi connectivity index (χ1) is 9.41. The lowest BCUT2D eigenvalue weighted by atomic mass is 10.4. The van der Waals surface area contributed by atoms with E-state index in [9.17, 15) is 0 Å². The van der Waals surface area contributed by atoms with Crippen LogP contribution < -0.4 is 0 Å². The summed E-state index contributed by atoms with van der Waals surface area (Å²) in [6.45, 7) is 22.8. The molecule has 2 aliphatic heterocycles. The summed E-state index contributed by atoms with van der Waals surface area (Å²) in [6.07, 6.45) is 6.52. The Balaban J connectivity index is 2.71. The van der Waals surface area contributed by atoms with Crippen LogP contribution in [0.15, 0.2) is 0 Å². The highest BCUT2D eigenvalue weighted by atomic mass is 29.9. The molecule has 2 aliphatic rings. The molecule has 2 rings (SSSR count). The molecule has 2 fully saturated rings. The fourth-order valence-corrected chi connectivity index (χ4v) is 139. The van der Waals surface area contributed by atoms with E-state index in [1.807, 2.05) is 0 Å². The maximum absolute atomic E-state index is 2.98. The van der Waals surface area contributed by atoms with E-state index in [1.165, 1.54) is 0 Å². The van der Waals surface area contributed by atoms with Crippen molar-refractivity contribution < 1.29 is 0 Å². The molecule has 124 valence electrons. The standard InChI is InChI=1S/C16H40Si5/c1-17(2,3)20-13-9-11-15-21(18(4,5)6,19(20,7)8)16-12-10-14-20/h9-16H2,1-8H3. The van der Waals surface area contributed by atoms with E-state index in [4.69, 9.17) is 0 Å². The third-order valence-corrected chi connectivity index (χ3v) is 99.0. The third-order valence-electron chi connectivity index (χ3n) is 8.18. The molecule has 21 heavy (non-hydrogen) atoms. The largest absolute Gasteiger partial charge is 0.0735 e. The lowest BCUT2D eigenvalue weighted by Crippen LogP contribution is -2.85. The first kappa shape index (κ1) is 18.4. The van der Waals surface area contributed by atoms with Gasteiger partial charge in [-0.2, -0.15) is 0 Å². The van der Waals surface area contributed by atoms with Crippen LogP contribution in [0.5, 0.6) is 0 Å². The number of hydrogen-bond acceptors (Lipinski definition) is 0. The molecule has 0 aromatic rings. The van der Waals surface area contributed by atoms with Crippen LogP contribution in [0, 0.1) is 0 Å². The fraction of sp³-hybridized carbons (Fsp3) is 1.00. The van der Waals surface area contributed by atoms with Gasteiger partial charge in [0.25, 0.3) is 0 Å². The summed E-state index contributed by atoms with van der Waals surface area (Å²) >= 11 is 0. The summed E-state index contributed by atoms with van der Waals surface area (Å²) in [5.41, 5.74) is 0. The highest BCUT2D eigenvalue weighted by Crippen LogP contribution is 2.53. The lowest BCUT2D eigenvalue weighted by Gasteiger charge is -2.61. The second-order valence-electron chi connectivity index (χ2n) is 10.7. The summed E-state index contributed by atoms with van der Waals surface area (Å²) < 4.78 is 0. The smallest absolute Gasteiger partial charge is 0.0392 e. The Bertz CT molecular complexity index is 340. The topological polar surface area (TPSA) is 0 Å². The van der Waals surface area contributed by atoms with Crippen molar-refractivity contribution in [2.75, 3.05) is 0 Å². The van der Waals surface area contributed by atoms with E-state index in [0.717, 1.165) is 0 Å². The van der Waals surface area contributed by atoms with Crippen molar-refractivity contribution in [1.29, 1.82) is 0 Å². The van der Waals surface area contributed by atoms with E-state index in [0.29, 0.717) is 0 Å². The summed E-state index contributed by atoms with van der Waals surface area (Å²) in [5.74, 6) is 0. The molecule has 0 N–H and O–H groups in total. The van der Waals surface area contributed by atoms with E-state index in [-0.39, 0.29) is 0 Å². The Kier molecular flexibility index (Phi) is 4.88. The molecule has 2 bridgehead atoms. The van der Waals surface area contributed by atoms with E-state index < -0.39 is 36.5 Å². The molecular weight excluding hydrogens is 333 g/mol. The molecule has 5 heteroatoms. The van der Waals surface area contributed by atoms with Gasteiger partial charge in [0, 0.05) is 36.5 Å². The maximum Gasteiger partial charge on any atom is 0.0392 e. The molecule has 2 saturated heterocycles. The molecule has 0 amide bonds. The van der Waals surface area contributed by atoms with Gasteiger partial charge in [-0.1, -0.05) is 102 Å². The SMILES string of the molecule is C[Si](C)(C)[Si]12CCCC[Si]([Si](C)(C)C)(CCCC1)[Si]2(C)C. The molecule has 0 nitrogen and oxygen atoms in total. The fourth-order valence-electron chi connectivity index (χ4n) is 7.04. The number of rotatable bonds is 2. The van der Waals surface area contributed by atoms with Gasteiger partial charge in [-0.15, -0.1) is 0 Å². The van der Waals surface area contributed by atoms with Gasteiger partial charge in [-0.05, 0) is 0 Å². The lowest BCUT2D eigenvalue weighted by molar-refractivity contribution is 0.814. The molecule has 0 aliphatic carbocycles. The molecule has 0 saturated carbocycles. The van der Waals surface area contributed by atoms with Gasteiger partial charge < -0.3 is 0 Å². The van der Waals surface area contributed by atoms with Crippen LogP contribution in [-0.2, 0) is 0 Å². The van der Waals surface area contributed by atoms with Crippen molar-refractivity contribution in [3.63, 3.8) is 0 Å². The van der Waals surface area contributed by atoms with Crippen LogP contribution in [0.4, 0.5) is 0 Å². The Morgan fingerprint density at radius 1 is 0.524 bits per heavy atom. The zero-order valence-electron chi connectivity index (χ0n) is 16.2. The third kappa shape index (κ3) is 2.53. The molecule has 0 atom stereocenters. The Hall–Kier alpha value is 1.08. The maximum atomic E-state index is 2.98. The monoisotopic (exact) mass is 372 g/mol. The molecule has 0 aromatic carbocycles. The van der Waals surface area contributed by atoms with Gasteiger partial charge in [0.05, 0.1) is 0 Å². The minimum Gasteiger partial charge on any atom is -0.0735 e. The highest BCUT2D eigenvalue weighted by Gasteiger charge is 2.68. The number of fused-ring (bicyclic) bond motifs is 2. The van der Waals surface area contributed by atoms with Crippen LogP contribution in [-0.4, -0.2) is 36.5 Å². The minimum atomic E-state index is -1.01. The molecule has 0 aromatic heterocycles. The predicted octanol–water partition coefficient (Wildman–Crippen LogP) is 6.17. The van der Waals surface area contributed by atoms with Crippen molar-refractivity contribution >= 4 is 36.5 Å². The van der Waals surface area contributed by atoms with Gasteiger partial charge in [-0.25, -0.2) is 0 Å². The first-order valence-corrected chi connectivity index (χ1v) is 28.2. The summed E-state index contributed by atoms with van der Waals surface area (Å²) in [4.78, 5) is 0. The van der Waals surface area contributed by atoms with Gasteiger partial charge in [0.15, 0.2) is 0 Å². The van der Waals surface area contributed by atoms with Crippen molar-refractivity contribution in [3.8, 4) is 0 Å². The second-order valence-corrected chi connectivity index (χ2v) is 61.8. The summed E-state index contributed by atoms with van der Waals surface area (Å²) in [7, 11) is -4.88. The molecule has 2 heterocycles. The summed E-state index contributed by atoms with van der Waals surface area (Å²) in [6, 6.07) is 7.06. The van der Waals surface area contributed by atoms with Crippen molar-refractivity contribution in [2.45, 2.75) is 102 Å². The quantitative estimate of drug-likeness (QED) is 0.508. The van der Waals surface area contributed by atoms with Crippen molar-refractivity contribution in [1.82, 2.24) is 0 Å². The van der Waals surface area contributed by atoms with Crippen molar-refractivity contribution in [2.24, 2.45) is 0 Å². The molecule has 0 radical (unpaired) electrons. The van der Waals surface area contributed by atoms with E-state index >= 15 is 0 Å². The predicted molar refractivity (Wildman–Crippen MR) is 113 cm³/mol. The average molecular weight is 373 g/mol. The minimum absolute atomic E-state index is 0.965. The Morgan fingerprint density at radius 3 is 0.952 bits per heavy atom. The second kappa shape index (κ2) is 5.57. The molecule has 0 unspecified atom stereocenters. The number of hydrogen-bond donors (Lipinski definition) is 0. The van der Waals surface area contributed by atoms with Crippen molar-refractivity contribution in [3.05, 3.63) is 0 Å². The van der Waals surface area contributed by atoms with Gasteiger partial charge >= 0.3 is 0 Å². The normalized spacial score (nSPS) is 37.7. The average Bonchev–Trinajstić information content (AvgIpc) is 2.49. The zero-order chi connectivity index (χ0) is 16.2. The summed E-state index contributed by atoms with van der Waals surface area (Å²) in [5, 5.41) is 0. The van der Waals surface area contributed by atoms with Gasteiger partial charge in [-0.3, -0.25) is 0 Å². The van der Waals surface area contributed by atoms with E-state index in [2.05, 4.69) is 52.4 Å². The van der Waals surface area contributed by atoms with Gasteiger partial charge in [0.2, 0.25) is 0 Å². The van der Waals surface area contributed by atoms with Crippen LogP contribution in [0.2, 0.25) is 76.6 Å². The zero-order valence-corrected chi connectivity index (χ0v) is 21.2. The van der Waals surface area contributed by atoms with Crippen LogP contribution in [0.25, 0.3) is 0 Å².